The summed E-state index contributed by atoms with van der Waals surface area (Å²) in [4.78, 5) is 18.2. The molecule has 0 aliphatic heterocycles. The number of aryl methyl sites for hydroxylation is 1. The minimum absolute atomic E-state index is 0.181. The highest BCUT2D eigenvalue weighted by Crippen LogP contribution is 2.29. The van der Waals surface area contributed by atoms with Crippen LogP contribution in [0.4, 0.5) is 0 Å². The number of benzene rings is 1. The lowest BCUT2D eigenvalue weighted by atomic mass is 10.0. The van der Waals surface area contributed by atoms with Gasteiger partial charge in [0.2, 0.25) is 5.82 Å². The van der Waals surface area contributed by atoms with E-state index in [1.165, 1.54) is 0 Å². The number of pyridine rings is 1. The fraction of sp³-hybridized carbons (Fsp3) is 0.360. The summed E-state index contributed by atoms with van der Waals surface area (Å²) in [5.74, 6) is 1.29. The number of aromatic amines is 1. The lowest BCUT2D eigenvalue weighted by molar-refractivity contribution is 0.465. The molecule has 0 amide bonds. The molecule has 0 aliphatic rings. The molecule has 0 spiro atoms. The Labute approximate surface area is 213 Å². The summed E-state index contributed by atoms with van der Waals surface area (Å²) in [6.45, 7) is 7.28. The standard InChI is InChI=1S/C25H29N11O/c1-4-5-8-20-16-35(24-29-32-33-36(24)14-17(2)3)25(37)34(20)15-19-12-11-18(13-26-19)21-9-6-7-10-22(21)23-27-30-31-28-23/h6-7,9-13,16-17H,4-5,8,14-15H2,1-3H3,(H,27,28,30,31). The first-order valence-electron chi connectivity index (χ1n) is 12.4. The molecule has 5 aromatic rings. The lowest BCUT2D eigenvalue weighted by Gasteiger charge is -2.09. The molecule has 0 bridgehead atoms. The fourth-order valence-corrected chi connectivity index (χ4v) is 4.28. The van der Waals surface area contributed by atoms with Gasteiger partial charge in [-0.3, -0.25) is 9.55 Å². The number of unbranched alkanes of at least 4 members (excludes halogenated alkanes) is 1. The Morgan fingerprint density at radius 3 is 2.59 bits per heavy atom. The third kappa shape index (κ3) is 5.08. The van der Waals surface area contributed by atoms with Gasteiger partial charge < -0.3 is 0 Å². The van der Waals surface area contributed by atoms with Crippen LogP contribution in [-0.2, 0) is 19.5 Å². The average Bonchev–Trinajstić information content (AvgIpc) is 3.65. The van der Waals surface area contributed by atoms with Gasteiger partial charge in [0, 0.05) is 35.8 Å². The lowest BCUT2D eigenvalue weighted by Crippen LogP contribution is -2.27. The second-order valence-corrected chi connectivity index (χ2v) is 9.34. The average molecular weight is 500 g/mol. The molecule has 0 radical (unpaired) electrons. The van der Waals surface area contributed by atoms with Crippen LogP contribution in [0.5, 0.6) is 0 Å². The first-order chi connectivity index (χ1) is 18.0. The van der Waals surface area contributed by atoms with Gasteiger partial charge in [-0.25, -0.2) is 14.0 Å². The number of rotatable bonds is 10. The van der Waals surface area contributed by atoms with Crippen LogP contribution in [-0.4, -0.2) is 54.9 Å². The van der Waals surface area contributed by atoms with Crippen molar-refractivity contribution in [2.75, 3.05) is 0 Å². The van der Waals surface area contributed by atoms with Crippen LogP contribution in [0.15, 0.2) is 53.6 Å². The highest BCUT2D eigenvalue weighted by Gasteiger charge is 2.18. The van der Waals surface area contributed by atoms with Gasteiger partial charge in [0.05, 0.1) is 12.2 Å². The molecule has 12 nitrogen and oxygen atoms in total. The molecule has 37 heavy (non-hydrogen) atoms. The van der Waals surface area contributed by atoms with Crippen molar-refractivity contribution < 1.29 is 0 Å². The molecule has 4 heterocycles. The van der Waals surface area contributed by atoms with Gasteiger partial charge >= 0.3 is 5.69 Å². The van der Waals surface area contributed by atoms with Crippen LogP contribution in [0.1, 0.15) is 45.0 Å². The van der Waals surface area contributed by atoms with Gasteiger partial charge in [-0.05, 0) is 46.0 Å². The molecule has 190 valence electrons. The molecule has 5 rings (SSSR count). The van der Waals surface area contributed by atoms with E-state index in [-0.39, 0.29) is 5.69 Å². The number of aromatic nitrogens is 11. The predicted molar refractivity (Wildman–Crippen MR) is 137 cm³/mol. The summed E-state index contributed by atoms with van der Waals surface area (Å²) in [5, 5.41) is 26.4. The summed E-state index contributed by atoms with van der Waals surface area (Å²) in [7, 11) is 0. The van der Waals surface area contributed by atoms with E-state index in [9.17, 15) is 4.79 Å². The largest absolute Gasteiger partial charge is 0.335 e. The number of imidazole rings is 1. The predicted octanol–water partition coefficient (Wildman–Crippen LogP) is 2.91. The molecule has 1 N–H and O–H groups in total. The van der Waals surface area contributed by atoms with Gasteiger partial charge in [-0.1, -0.05) is 62.6 Å². The van der Waals surface area contributed by atoms with E-state index in [0.29, 0.717) is 30.8 Å². The Hall–Kier alpha value is -4.48. The van der Waals surface area contributed by atoms with E-state index >= 15 is 0 Å². The van der Waals surface area contributed by atoms with Crippen LogP contribution in [0.25, 0.3) is 28.5 Å². The number of tetrazole rings is 2. The molecule has 0 fully saturated rings. The van der Waals surface area contributed by atoms with Crippen LogP contribution in [0.3, 0.4) is 0 Å². The van der Waals surface area contributed by atoms with Crippen molar-refractivity contribution in [3.8, 4) is 28.5 Å². The summed E-state index contributed by atoms with van der Waals surface area (Å²) in [6, 6.07) is 11.8. The summed E-state index contributed by atoms with van der Waals surface area (Å²) in [5.41, 5.74) is 4.26. The highest BCUT2D eigenvalue weighted by molar-refractivity contribution is 5.79. The first-order valence-corrected chi connectivity index (χ1v) is 12.4. The molecule has 0 atom stereocenters. The number of hydrogen-bond acceptors (Lipinski definition) is 8. The van der Waals surface area contributed by atoms with Crippen LogP contribution < -0.4 is 5.69 Å². The number of hydrogen-bond donors (Lipinski definition) is 1. The second kappa shape index (κ2) is 10.6. The third-order valence-electron chi connectivity index (χ3n) is 6.08. The smallest absolute Gasteiger partial charge is 0.290 e. The van der Waals surface area contributed by atoms with Crippen LogP contribution in [0.2, 0.25) is 0 Å². The van der Waals surface area contributed by atoms with Gasteiger partial charge in [0.1, 0.15) is 0 Å². The van der Waals surface area contributed by atoms with Crippen LogP contribution >= 0.6 is 0 Å². The minimum Gasteiger partial charge on any atom is -0.290 e. The molecule has 0 saturated carbocycles. The zero-order valence-corrected chi connectivity index (χ0v) is 21.1. The van der Waals surface area contributed by atoms with Gasteiger partial charge in [-0.2, -0.15) is 5.21 Å². The molecular weight excluding hydrogens is 470 g/mol. The van der Waals surface area contributed by atoms with Crippen LogP contribution in [0, 0.1) is 5.92 Å². The monoisotopic (exact) mass is 499 g/mol. The highest BCUT2D eigenvalue weighted by atomic mass is 16.2. The Morgan fingerprint density at radius 1 is 1.05 bits per heavy atom. The van der Waals surface area contributed by atoms with Crippen molar-refractivity contribution in [1.82, 2.24) is 54.9 Å². The summed E-state index contributed by atoms with van der Waals surface area (Å²) >= 11 is 0. The molecule has 0 unspecified atom stereocenters. The first kappa shape index (κ1) is 24.2. The third-order valence-corrected chi connectivity index (χ3v) is 6.08. The molecule has 12 heteroatoms. The maximum absolute atomic E-state index is 13.5. The van der Waals surface area contributed by atoms with Gasteiger partial charge in [-0.15, -0.1) is 10.2 Å². The Morgan fingerprint density at radius 2 is 1.89 bits per heavy atom. The second-order valence-electron chi connectivity index (χ2n) is 9.34. The zero-order chi connectivity index (χ0) is 25.8. The Bertz CT molecular complexity index is 1510. The Kier molecular flexibility index (Phi) is 6.97. The van der Waals surface area contributed by atoms with Gasteiger partial charge in [0.25, 0.3) is 5.95 Å². The summed E-state index contributed by atoms with van der Waals surface area (Å²) < 4.78 is 4.98. The minimum atomic E-state index is -0.181. The molecule has 0 saturated heterocycles. The van der Waals surface area contributed by atoms with E-state index < -0.39 is 0 Å². The molecule has 0 aliphatic carbocycles. The van der Waals surface area contributed by atoms with Gasteiger partial charge in [0.15, 0.2) is 0 Å². The summed E-state index contributed by atoms with van der Waals surface area (Å²) in [6.07, 6.45) is 6.44. The van der Waals surface area contributed by atoms with Crippen molar-refractivity contribution in [1.29, 1.82) is 0 Å². The maximum atomic E-state index is 13.5. The molecule has 1 aromatic carbocycles. The van der Waals surface area contributed by atoms with Crippen molar-refractivity contribution in [3.05, 3.63) is 70.7 Å². The molecular formula is C25H29N11O. The van der Waals surface area contributed by atoms with E-state index in [1.807, 2.05) is 48.8 Å². The maximum Gasteiger partial charge on any atom is 0.335 e. The zero-order valence-electron chi connectivity index (χ0n) is 21.1. The number of H-pyrrole nitrogens is 1. The molecule has 4 aromatic heterocycles. The normalized spacial score (nSPS) is 11.5. The SMILES string of the molecule is CCCCc1cn(-c2nnnn2CC(C)C)c(=O)n1Cc1ccc(-c2ccccc2-c2nn[nH]n2)cn1. The number of nitrogens with one attached hydrogen (secondary N) is 1. The van der Waals surface area contributed by atoms with E-state index in [0.717, 1.165) is 47.3 Å². The van der Waals surface area contributed by atoms with Crippen molar-refractivity contribution >= 4 is 0 Å². The van der Waals surface area contributed by atoms with Crippen molar-refractivity contribution in [2.24, 2.45) is 5.92 Å². The fourth-order valence-electron chi connectivity index (χ4n) is 4.28. The number of nitrogens with zero attached hydrogens (tertiary/aromatic N) is 10. The van der Waals surface area contributed by atoms with Crippen molar-refractivity contribution in [3.63, 3.8) is 0 Å². The topological polar surface area (TPSA) is 138 Å². The van der Waals surface area contributed by atoms with E-state index in [2.05, 4.69) is 61.9 Å². The quantitative estimate of drug-likeness (QED) is 0.310. The van der Waals surface area contributed by atoms with E-state index in [1.54, 1.807) is 13.8 Å². The van der Waals surface area contributed by atoms with Crippen molar-refractivity contribution in [2.45, 2.75) is 53.1 Å². The van der Waals surface area contributed by atoms with E-state index in [4.69, 9.17) is 0 Å². The Balaban J connectivity index is 1.46.